The summed E-state index contributed by atoms with van der Waals surface area (Å²) >= 11 is 6.96. The molecule has 0 aromatic rings. The van der Waals surface area contributed by atoms with Crippen LogP contribution in [0.5, 0.6) is 0 Å². The van der Waals surface area contributed by atoms with Gasteiger partial charge in [-0.05, 0) is 25.7 Å². The van der Waals surface area contributed by atoms with Crippen LogP contribution in [0.3, 0.4) is 0 Å². The van der Waals surface area contributed by atoms with E-state index >= 15 is 0 Å². The van der Waals surface area contributed by atoms with Gasteiger partial charge in [0.05, 0.1) is 0 Å². The predicted molar refractivity (Wildman–Crippen MR) is 63.0 cm³/mol. The summed E-state index contributed by atoms with van der Waals surface area (Å²) in [5.41, 5.74) is 0. The van der Waals surface area contributed by atoms with E-state index in [1.807, 2.05) is 0 Å². The Balaban J connectivity index is 0.000000146. The molecule has 2 aliphatic carbocycles. The van der Waals surface area contributed by atoms with E-state index in [-0.39, 0.29) is 11.8 Å². The van der Waals surface area contributed by atoms with Crippen molar-refractivity contribution >= 4 is 44.4 Å². The molecule has 0 bridgehead atoms. The summed E-state index contributed by atoms with van der Waals surface area (Å²) < 4.78 is 0. The van der Waals surface area contributed by atoms with Crippen LogP contribution in [0.15, 0.2) is 0 Å². The molecular weight excluding hydrogens is 312 g/mol. The van der Waals surface area contributed by atoms with Crippen LogP contribution in [-0.2, 0) is 9.59 Å². The highest BCUT2D eigenvalue weighted by atomic mass is 79.9. The molecule has 2 rings (SSSR count). The quantitative estimate of drug-likeness (QED) is 0.578. The van der Waals surface area contributed by atoms with E-state index < -0.39 is 0 Å². The molecule has 2 aliphatic rings. The molecule has 0 aromatic carbocycles. The van der Waals surface area contributed by atoms with Crippen LogP contribution in [0.2, 0.25) is 0 Å². The molecule has 0 N–H and O–H groups in total. The third-order valence-corrected chi connectivity index (χ3v) is 5.74. The Kier molecular flexibility index (Phi) is 5.31. The number of hydrogen-bond acceptors (Lipinski definition) is 2. The number of carbonyl (C=O) groups excluding carboxylic acids is 2. The second-order valence-corrected chi connectivity index (χ2v) is 6.14. The topological polar surface area (TPSA) is 34.1 Å². The van der Waals surface area contributed by atoms with Crippen LogP contribution >= 0.6 is 31.9 Å². The van der Waals surface area contributed by atoms with Crippen LogP contribution in [-0.4, -0.2) is 22.2 Å². The average Bonchev–Trinajstić information content (AvgIpc) is 2.16. The van der Waals surface area contributed by atoms with E-state index in [1.54, 1.807) is 0 Å². The number of carbonyl (C=O) groups is 2. The molecule has 80 valence electrons. The fraction of sp³-hybridized carbons (Fsp3) is 0.800. The summed E-state index contributed by atoms with van der Waals surface area (Å²) in [4.78, 5) is 21.5. The van der Waals surface area contributed by atoms with E-state index in [0.717, 1.165) is 35.1 Å². The maximum atomic E-state index is 10.00. The van der Waals surface area contributed by atoms with Crippen LogP contribution in [0.1, 0.15) is 25.7 Å². The van der Waals surface area contributed by atoms with E-state index in [0.29, 0.717) is 0 Å². The Hall–Kier alpha value is 0.300. The number of alkyl halides is 2. The summed E-state index contributed by atoms with van der Waals surface area (Å²) in [6.07, 6.45) is 6.26. The lowest BCUT2D eigenvalue weighted by Gasteiger charge is -2.26. The largest absolute Gasteiger partial charge is 0.303 e. The van der Waals surface area contributed by atoms with Crippen LogP contribution in [0, 0.1) is 11.8 Å². The highest BCUT2D eigenvalue weighted by molar-refractivity contribution is 9.12. The van der Waals surface area contributed by atoms with E-state index in [2.05, 4.69) is 31.9 Å². The molecule has 14 heavy (non-hydrogen) atoms. The summed E-state index contributed by atoms with van der Waals surface area (Å²) in [5, 5.41) is 0. The standard InChI is InChI=1S/C6H8O2.C4H6Br2/c7-3-5-1-2-6(5)4-8;5-3-1-2-4(3)6/h3-6H,1-2H2;3-4H,1-2H2. The van der Waals surface area contributed by atoms with Crippen molar-refractivity contribution in [3.05, 3.63) is 0 Å². The zero-order valence-corrected chi connectivity index (χ0v) is 11.0. The lowest BCUT2D eigenvalue weighted by Crippen LogP contribution is -2.27. The Morgan fingerprint density at radius 2 is 1.14 bits per heavy atom. The van der Waals surface area contributed by atoms with Crippen molar-refractivity contribution in [3.63, 3.8) is 0 Å². The number of halogens is 2. The third-order valence-electron chi connectivity index (χ3n) is 2.84. The molecule has 0 radical (unpaired) electrons. The monoisotopic (exact) mass is 324 g/mol. The molecule has 0 spiro atoms. The summed E-state index contributed by atoms with van der Waals surface area (Å²) in [7, 11) is 0. The lowest BCUT2D eigenvalue weighted by atomic mass is 9.76. The van der Waals surface area contributed by atoms with Crippen molar-refractivity contribution in [2.75, 3.05) is 0 Å². The first-order chi connectivity index (χ1) is 6.69. The van der Waals surface area contributed by atoms with Gasteiger partial charge < -0.3 is 9.59 Å². The molecule has 0 heterocycles. The second kappa shape index (κ2) is 6.01. The zero-order chi connectivity index (χ0) is 10.6. The van der Waals surface area contributed by atoms with Gasteiger partial charge in [-0.25, -0.2) is 0 Å². The maximum Gasteiger partial charge on any atom is 0.123 e. The van der Waals surface area contributed by atoms with Gasteiger partial charge in [-0.3, -0.25) is 0 Å². The maximum absolute atomic E-state index is 10.00. The van der Waals surface area contributed by atoms with Gasteiger partial charge in [0.25, 0.3) is 0 Å². The van der Waals surface area contributed by atoms with Gasteiger partial charge in [0.1, 0.15) is 12.6 Å². The van der Waals surface area contributed by atoms with Crippen molar-refractivity contribution in [2.45, 2.75) is 35.3 Å². The van der Waals surface area contributed by atoms with Gasteiger partial charge >= 0.3 is 0 Å². The Morgan fingerprint density at radius 3 is 1.21 bits per heavy atom. The molecule has 0 saturated heterocycles. The molecule has 4 unspecified atom stereocenters. The van der Waals surface area contributed by atoms with Crippen molar-refractivity contribution in [1.82, 2.24) is 0 Å². The highest BCUT2D eigenvalue weighted by Crippen LogP contribution is 2.33. The van der Waals surface area contributed by atoms with Gasteiger partial charge in [-0.15, -0.1) is 0 Å². The second-order valence-electron chi connectivity index (χ2n) is 3.79. The smallest absolute Gasteiger partial charge is 0.123 e. The summed E-state index contributed by atoms with van der Waals surface area (Å²) in [6.45, 7) is 0. The minimum absolute atomic E-state index is 0.0486. The molecule has 2 fully saturated rings. The first kappa shape index (κ1) is 12.4. The van der Waals surface area contributed by atoms with Crippen LogP contribution in [0.4, 0.5) is 0 Å². The first-order valence-corrected chi connectivity index (χ1v) is 6.71. The van der Waals surface area contributed by atoms with E-state index in [4.69, 9.17) is 0 Å². The number of hydrogen-bond donors (Lipinski definition) is 0. The summed E-state index contributed by atoms with van der Waals surface area (Å²) in [5.74, 6) is 0.0972. The third kappa shape index (κ3) is 3.16. The number of rotatable bonds is 2. The Labute approximate surface area is 101 Å². The molecule has 0 amide bonds. The van der Waals surface area contributed by atoms with Crippen molar-refractivity contribution < 1.29 is 9.59 Å². The molecular formula is C10H14Br2O2. The van der Waals surface area contributed by atoms with Crippen LogP contribution < -0.4 is 0 Å². The highest BCUT2D eigenvalue weighted by Gasteiger charge is 2.29. The van der Waals surface area contributed by atoms with Gasteiger partial charge in [-0.2, -0.15) is 0 Å². The Bertz CT molecular complexity index is 186. The normalized spacial score (nSPS) is 39.6. The van der Waals surface area contributed by atoms with Crippen LogP contribution in [0.25, 0.3) is 0 Å². The minimum atomic E-state index is 0.0486. The average molecular weight is 326 g/mol. The summed E-state index contributed by atoms with van der Waals surface area (Å²) in [6, 6.07) is 0. The van der Waals surface area contributed by atoms with Crippen molar-refractivity contribution in [2.24, 2.45) is 11.8 Å². The molecule has 4 atom stereocenters. The predicted octanol–water partition coefficient (Wildman–Crippen LogP) is 2.72. The van der Waals surface area contributed by atoms with E-state index in [9.17, 15) is 9.59 Å². The zero-order valence-electron chi connectivity index (χ0n) is 7.86. The fourth-order valence-corrected chi connectivity index (χ4v) is 2.37. The van der Waals surface area contributed by atoms with Crippen molar-refractivity contribution in [1.29, 1.82) is 0 Å². The fourth-order valence-electron chi connectivity index (χ4n) is 1.31. The first-order valence-electron chi connectivity index (χ1n) is 4.87. The number of aldehydes is 2. The Morgan fingerprint density at radius 1 is 0.786 bits per heavy atom. The van der Waals surface area contributed by atoms with Gasteiger partial charge in [0, 0.05) is 21.5 Å². The van der Waals surface area contributed by atoms with Gasteiger partial charge in [-0.1, -0.05) is 31.9 Å². The molecule has 2 saturated carbocycles. The van der Waals surface area contributed by atoms with E-state index in [1.165, 1.54) is 12.8 Å². The lowest BCUT2D eigenvalue weighted by molar-refractivity contribution is -0.123. The molecule has 4 heteroatoms. The molecule has 2 nitrogen and oxygen atoms in total. The van der Waals surface area contributed by atoms with Crippen molar-refractivity contribution in [3.8, 4) is 0 Å². The van der Waals surface area contributed by atoms with Gasteiger partial charge in [0.15, 0.2) is 0 Å². The molecule has 0 aromatic heterocycles. The SMILES string of the molecule is BrC1CCC1Br.O=CC1CCC1C=O. The molecule has 0 aliphatic heterocycles. The minimum Gasteiger partial charge on any atom is -0.303 e. The van der Waals surface area contributed by atoms with Gasteiger partial charge in [0.2, 0.25) is 0 Å².